The second-order valence-electron chi connectivity index (χ2n) is 5.01. The Morgan fingerprint density at radius 1 is 1.65 bits per heavy atom. The lowest BCUT2D eigenvalue weighted by atomic mass is 10.1. The van der Waals surface area contributed by atoms with Gasteiger partial charge in [-0.1, -0.05) is 0 Å². The predicted octanol–water partition coefficient (Wildman–Crippen LogP) is 1.19. The van der Waals surface area contributed by atoms with E-state index in [2.05, 4.69) is 10.3 Å². The molecule has 0 aromatic carbocycles. The van der Waals surface area contributed by atoms with Crippen molar-refractivity contribution in [2.45, 2.75) is 32.2 Å². The van der Waals surface area contributed by atoms with E-state index >= 15 is 0 Å². The summed E-state index contributed by atoms with van der Waals surface area (Å²) in [6.45, 7) is 1.64. The smallest absolute Gasteiger partial charge is 0.288 e. The van der Waals surface area contributed by atoms with Crippen LogP contribution in [0.3, 0.4) is 0 Å². The van der Waals surface area contributed by atoms with Crippen molar-refractivity contribution >= 4 is 11.6 Å². The van der Waals surface area contributed by atoms with Gasteiger partial charge >= 0.3 is 0 Å². The average molecular weight is 279 g/mol. The van der Waals surface area contributed by atoms with Gasteiger partial charge in [0.1, 0.15) is 6.20 Å². The fourth-order valence-corrected chi connectivity index (χ4v) is 2.16. The van der Waals surface area contributed by atoms with Crippen molar-refractivity contribution in [2.24, 2.45) is 5.92 Å². The Bertz CT molecular complexity index is 528. The third-order valence-corrected chi connectivity index (χ3v) is 3.48. The van der Waals surface area contributed by atoms with E-state index in [1.54, 1.807) is 6.92 Å². The molecule has 0 radical (unpaired) electrons. The second kappa shape index (κ2) is 5.96. The SMILES string of the molecule is Cc1ncc([N+](=O)[O-])cc1C(=O)NC(CCO)C1CC1. The predicted molar refractivity (Wildman–Crippen MR) is 71.3 cm³/mol. The molecule has 0 spiro atoms. The van der Waals surface area contributed by atoms with Gasteiger partial charge in [-0.3, -0.25) is 19.9 Å². The van der Waals surface area contributed by atoms with Crippen molar-refractivity contribution in [1.29, 1.82) is 0 Å². The van der Waals surface area contributed by atoms with E-state index in [1.165, 1.54) is 6.07 Å². The maximum absolute atomic E-state index is 12.2. The molecule has 1 unspecified atom stereocenters. The molecule has 20 heavy (non-hydrogen) atoms. The molecular weight excluding hydrogens is 262 g/mol. The van der Waals surface area contributed by atoms with Crippen molar-refractivity contribution in [1.82, 2.24) is 10.3 Å². The van der Waals surface area contributed by atoms with Crippen molar-refractivity contribution in [2.75, 3.05) is 6.61 Å². The zero-order valence-corrected chi connectivity index (χ0v) is 11.2. The second-order valence-corrected chi connectivity index (χ2v) is 5.01. The highest BCUT2D eigenvalue weighted by Crippen LogP contribution is 2.34. The summed E-state index contributed by atoms with van der Waals surface area (Å²) in [5.41, 5.74) is 0.459. The van der Waals surface area contributed by atoms with Gasteiger partial charge in [-0.15, -0.1) is 0 Å². The number of carbonyl (C=O) groups is 1. The van der Waals surface area contributed by atoms with E-state index in [4.69, 9.17) is 5.11 Å². The van der Waals surface area contributed by atoms with Crippen molar-refractivity contribution < 1.29 is 14.8 Å². The Morgan fingerprint density at radius 3 is 2.90 bits per heavy atom. The first-order valence-electron chi connectivity index (χ1n) is 6.55. The van der Waals surface area contributed by atoms with Crippen LogP contribution in [0.25, 0.3) is 0 Å². The summed E-state index contributed by atoms with van der Waals surface area (Å²) >= 11 is 0. The van der Waals surface area contributed by atoms with Crippen LogP contribution >= 0.6 is 0 Å². The molecular formula is C13H17N3O4. The quantitative estimate of drug-likeness (QED) is 0.601. The van der Waals surface area contributed by atoms with Crippen molar-refractivity contribution in [3.8, 4) is 0 Å². The number of carbonyl (C=O) groups excluding carboxylic acids is 1. The molecule has 7 nitrogen and oxygen atoms in total. The van der Waals surface area contributed by atoms with Gasteiger partial charge in [0.25, 0.3) is 11.6 Å². The molecule has 1 aliphatic carbocycles. The third kappa shape index (κ3) is 3.30. The average Bonchev–Trinajstić information content (AvgIpc) is 3.22. The first-order chi connectivity index (χ1) is 9.52. The van der Waals surface area contributed by atoms with Crippen LogP contribution in [0, 0.1) is 23.0 Å². The topological polar surface area (TPSA) is 105 Å². The van der Waals surface area contributed by atoms with Gasteiger partial charge in [0.05, 0.1) is 16.2 Å². The fourth-order valence-electron chi connectivity index (χ4n) is 2.16. The first-order valence-corrected chi connectivity index (χ1v) is 6.55. The fraction of sp³-hybridized carbons (Fsp3) is 0.538. The molecule has 7 heteroatoms. The molecule has 0 saturated heterocycles. The lowest BCUT2D eigenvalue weighted by Gasteiger charge is -2.17. The molecule has 1 heterocycles. The number of rotatable bonds is 6. The zero-order chi connectivity index (χ0) is 14.7. The summed E-state index contributed by atoms with van der Waals surface area (Å²) < 4.78 is 0. The normalized spacial score (nSPS) is 15.7. The summed E-state index contributed by atoms with van der Waals surface area (Å²) in [5, 5.41) is 22.6. The number of nitro groups is 1. The van der Waals surface area contributed by atoms with Crippen LogP contribution in [0.4, 0.5) is 5.69 Å². The maximum Gasteiger partial charge on any atom is 0.288 e. The molecule has 2 N–H and O–H groups in total. The number of hydrogen-bond acceptors (Lipinski definition) is 5. The van der Waals surface area contributed by atoms with Crippen LogP contribution in [-0.4, -0.2) is 33.6 Å². The van der Waals surface area contributed by atoms with Crippen LogP contribution in [0.2, 0.25) is 0 Å². The van der Waals surface area contributed by atoms with E-state index in [-0.39, 0.29) is 29.8 Å². The minimum atomic E-state index is -0.574. The van der Waals surface area contributed by atoms with E-state index in [0.717, 1.165) is 19.0 Å². The Kier molecular flexibility index (Phi) is 4.29. The molecule has 1 amide bonds. The minimum Gasteiger partial charge on any atom is -0.396 e. The number of amides is 1. The number of pyridine rings is 1. The Morgan fingerprint density at radius 2 is 2.35 bits per heavy atom. The first kappa shape index (κ1) is 14.4. The van der Waals surface area contributed by atoms with Crippen LogP contribution < -0.4 is 5.32 Å². The maximum atomic E-state index is 12.2. The highest BCUT2D eigenvalue weighted by Gasteiger charge is 2.32. The van der Waals surface area contributed by atoms with Gasteiger partial charge in [0.2, 0.25) is 0 Å². The zero-order valence-electron chi connectivity index (χ0n) is 11.2. The van der Waals surface area contributed by atoms with Crippen LogP contribution in [0.5, 0.6) is 0 Å². The minimum absolute atomic E-state index is 0.00756. The largest absolute Gasteiger partial charge is 0.396 e. The molecule has 1 fully saturated rings. The van der Waals surface area contributed by atoms with Crippen LogP contribution in [-0.2, 0) is 0 Å². The summed E-state index contributed by atoms with van der Waals surface area (Å²) in [6.07, 6.45) is 3.71. The molecule has 108 valence electrons. The molecule has 1 aromatic heterocycles. The molecule has 1 aliphatic rings. The van der Waals surface area contributed by atoms with Crippen LogP contribution in [0.15, 0.2) is 12.3 Å². The number of aliphatic hydroxyl groups excluding tert-OH is 1. The molecule has 1 aromatic rings. The molecule has 1 atom stereocenters. The van der Waals surface area contributed by atoms with Gasteiger partial charge < -0.3 is 10.4 Å². The van der Waals surface area contributed by atoms with Crippen molar-refractivity contribution in [3.05, 3.63) is 33.6 Å². The lowest BCUT2D eigenvalue weighted by Crippen LogP contribution is -2.37. The highest BCUT2D eigenvalue weighted by atomic mass is 16.6. The summed E-state index contributed by atoms with van der Waals surface area (Å²) in [7, 11) is 0. The number of hydrogen-bond donors (Lipinski definition) is 2. The Hall–Kier alpha value is -2.02. The summed E-state index contributed by atoms with van der Waals surface area (Å²) in [5.74, 6) is 0.0297. The number of nitrogens with zero attached hydrogens (tertiary/aromatic N) is 2. The Balaban J connectivity index is 2.15. The Labute approximate surface area is 116 Å². The molecule has 1 saturated carbocycles. The van der Waals surface area contributed by atoms with Gasteiger partial charge in [-0.2, -0.15) is 0 Å². The summed E-state index contributed by atoms with van der Waals surface area (Å²) in [4.78, 5) is 26.2. The van der Waals surface area contributed by atoms with Gasteiger partial charge in [-0.05, 0) is 32.1 Å². The number of aromatic nitrogens is 1. The van der Waals surface area contributed by atoms with Gasteiger partial charge in [-0.25, -0.2) is 0 Å². The van der Waals surface area contributed by atoms with E-state index in [1.807, 2.05) is 0 Å². The standard InChI is InChI=1S/C13H17N3O4/c1-8-11(6-10(7-14-8)16(19)20)13(18)15-12(4-5-17)9-2-3-9/h6-7,9,12,17H,2-5H2,1H3,(H,15,18). The highest BCUT2D eigenvalue weighted by molar-refractivity contribution is 5.96. The number of nitrogens with one attached hydrogen (secondary N) is 1. The van der Waals surface area contributed by atoms with E-state index in [0.29, 0.717) is 18.0 Å². The van der Waals surface area contributed by atoms with Gasteiger partial charge in [0, 0.05) is 18.7 Å². The molecule has 0 bridgehead atoms. The monoisotopic (exact) mass is 279 g/mol. The van der Waals surface area contributed by atoms with Crippen molar-refractivity contribution in [3.63, 3.8) is 0 Å². The van der Waals surface area contributed by atoms with E-state index < -0.39 is 4.92 Å². The number of aliphatic hydroxyl groups is 1. The van der Waals surface area contributed by atoms with Gasteiger partial charge in [0.15, 0.2) is 0 Å². The lowest BCUT2D eigenvalue weighted by molar-refractivity contribution is -0.385. The summed E-state index contributed by atoms with van der Waals surface area (Å²) in [6, 6.07) is 1.16. The van der Waals surface area contributed by atoms with Crippen LogP contribution in [0.1, 0.15) is 35.3 Å². The molecule has 0 aliphatic heterocycles. The molecule has 2 rings (SSSR count). The third-order valence-electron chi connectivity index (χ3n) is 3.48. The van der Waals surface area contributed by atoms with E-state index in [9.17, 15) is 14.9 Å². The number of aryl methyl sites for hydroxylation is 1.